The number of carbonyl (C=O) groups excluding carboxylic acids is 1. The van der Waals surface area contributed by atoms with Gasteiger partial charge in [-0.15, -0.1) is 11.3 Å². The van der Waals surface area contributed by atoms with Gasteiger partial charge in [0.05, 0.1) is 12.0 Å². The molecule has 5 heteroatoms. The lowest BCUT2D eigenvalue weighted by atomic mass is 10.0. The summed E-state index contributed by atoms with van der Waals surface area (Å²) in [6, 6.07) is 20.7. The first-order valence-corrected chi connectivity index (χ1v) is 11.3. The zero-order valence-electron chi connectivity index (χ0n) is 17.6. The molecule has 1 aromatic heterocycles. The molecule has 4 nitrogen and oxygen atoms in total. The quantitative estimate of drug-likeness (QED) is 0.537. The molecule has 1 aliphatic rings. The molecule has 0 N–H and O–H groups in total. The molecule has 0 bridgehead atoms. The second-order valence-electron chi connectivity index (χ2n) is 7.85. The van der Waals surface area contributed by atoms with Gasteiger partial charge in [-0.1, -0.05) is 35.9 Å². The molecule has 0 radical (unpaired) electrons. The van der Waals surface area contributed by atoms with Crippen molar-refractivity contribution in [3.63, 3.8) is 0 Å². The highest BCUT2D eigenvalue weighted by Gasteiger charge is 2.30. The van der Waals surface area contributed by atoms with Crippen LogP contribution in [0.3, 0.4) is 0 Å². The lowest BCUT2D eigenvalue weighted by Crippen LogP contribution is -2.47. The molecule has 3 aromatic rings. The fourth-order valence-electron chi connectivity index (χ4n) is 4.08. The van der Waals surface area contributed by atoms with Gasteiger partial charge >= 0.3 is 0 Å². The summed E-state index contributed by atoms with van der Waals surface area (Å²) >= 11 is 1.51. The highest BCUT2D eigenvalue weighted by molar-refractivity contribution is 7.12. The Morgan fingerprint density at radius 2 is 1.87 bits per heavy atom. The first-order valence-electron chi connectivity index (χ1n) is 10.4. The standard InChI is InChI=1S/C25H28N2O2S/c1-19-8-10-21(11-9-19)27(25(28)24-7-4-16-30-24)22-12-14-26(15-13-22)18-20-5-3-6-23(17-20)29-2/h3-11,16-17,22H,12-15,18H2,1-2H3. The maximum absolute atomic E-state index is 13.3. The van der Waals surface area contributed by atoms with E-state index in [-0.39, 0.29) is 11.9 Å². The molecular formula is C25H28N2O2S. The molecule has 0 aliphatic carbocycles. The summed E-state index contributed by atoms with van der Waals surface area (Å²) in [7, 11) is 1.70. The van der Waals surface area contributed by atoms with Gasteiger partial charge in [-0.2, -0.15) is 0 Å². The maximum atomic E-state index is 13.3. The molecule has 30 heavy (non-hydrogen) atoms. The van der Waals surface area contributed by atoms with Crippen LogP contribution in [0.2, 0.25) is 0 Å². The fraction of sp³-hybridized carbons (Fsp3) is 0.320. The van der Waals surface area contributed by atoms with E-state index in [0.29, 0.717) is 0 Å². The number of thiophene rings is 1. The summed E-state index contributed by atoms with van der Waals surface area (Å²) in [4.78, 5) is 18.6. The number of ether oxygens (including phenoxy) is 1. The van der Waals surface area contributed by atoms with Crippen molar-refractivity contribution in [1.82, 2.24) is 4.90 Å². The molecule has 1 amide bonds. The summed E-state index contributed by atoms with van der Waals surface area (Å²) in [5, 5.41) is 1.97. The Balaban J connectivity index is 1.47. The normalized spacial score (nSPS) is 15.1. The summed E-state index contributed by atoms with van der Waals surface area (Å²) in [5.74, 6) is 1.01. The molecular weight excluding hydrogens is 392 g/mol. The number of aryl methyl sites for hydroxylation is 1. The highest BCUT2D eigenvalue weighted by atomic mass is 32.1. The maximum Gasteiger partial charge on any atom is 0.268 e. The lowest BCUT2D eigenvalue weighted by molar-refractivity contribution is 0.0962. The molecule has 0 spiro atoms. The number of rotatable bonds is 6. The molecule has 0 unspecified atom stereocenters. The molecule has 0 saturated carbocycles. The molecule has 156 valence electrons. The Bertz CT molecular complexity index is 961. The smallest absolute Gasteiger partial charge is 0.268 e. The number of nitrogens with zero attached hydrogens (tertiary/aromatic N) is 2. The Morgan fingerprint density at radius 3 is 2.53 bits per heavy atom. The van der Waals surface area contributed by atoms with Crippen molar-refractivity contribution < 1.29 is 9.53 Å². The van der Waals surface area contributed by atoms with E-state index in [0.717, 1.165) is 48.8 Å². The van der Waals surface area contributed by atoms with Gasteiger partial charge in [-0.25, -0.2) is 0 Å². The summed E-state index contributed by atoms with van der Waals surface area (Å²) in [6.45, 7) is 4.93. The van der Waals surface area contributed by atoms with Gasteiger partial charge in [0.25, 0.3) is 5.91 Å². The molecule has 1 fully saturated rings. The van der Waals surface area contributed by atoms with E-state index in [1.54, 1.807) is 7.11 Å². The zero-order valence-corrected chi connectivity index (χ0v) is 18.4. The number of amides is 1. The molecule has 1 aliphatic heterocycles. The Hall–Kier alpha value is -2.63. The number of methoxy groups -OCH3 is 1. The van der Waals surface area contributed by atoms with Crippen molar-refractivity contribution in [3.05, 3.63) is 82.0 Å². The summed E-state index contributed by atoms with van der Waals surface area (Å²) in [5.41, 5.74) is 3.46. The number of benzene rings is 2. The third-order valence-electron chi connectivity index (χ3n) is 5.73. The Kier molecular flexibility index (Phi) is 6.50. The predicted octanol–water partition coefficient (Wildman–Crippen LogP) is 5.38. The van der Waals surface area contributed by atoms with Crippen molar-refractivity contribution >= 4 is 22.9 Å². The van der Waals surface area contributed by atoms with Crippen LogP contribution in [-0.2, 0) is 6.54 Å². The Labute approximate surface area is 182 Å². The van der Waals surface area contributed by atoms with Crippen LogP contribution >= 0.6 is 11.3 Å². The van der Waals surface area contributed by atoms with Crippen molar-refractivity contribution in [2.45, 2.75) is 32.4 Å². The largest absolute Gasteiger partial charge is 0.497 e. The second-order valence-corrected chi connectivity index (χ2v) is 8.79. The molecule has 1 saturated heterocycles. The third kappa shape index (κ3) is 4.74. The van der Waals surface area contributed by atoms with E-state index in [2.05, 4.69) is 48.2 Å². The predicted molar refractivity (Wildman–Crippen MR) is 124 cm³/mol. The number of hydrogen-bond donors (Lipinski definition) is 0. The van der Waals surface area contributed by atoms with E-state index < -0.39 is 0 Å². The first kappa shape index (κ1) is 20.6. The van der Waals surface area contributed by atoms with E-state index in [9.17, 15) is 4.79 Å². The van der Waals surface area contributed by atoms with Crippen LogP contribution in [0, 0.1) is 6.92 Å². The highest BCUT2D eigenvalue weighted by Crippen LogP contribution is 2.28. The van der Waals surface area contributed by atoms with Crippen molar-refractivity contribution in [2.75, 3.05) is 25.1 Å². The van der Waals surface area contributed by atoms with Gasteiger partial charge in [0.2, 0.25) is 0 Å². The first-order chi connectivity index (χ1) is 14.6. The minimum atomic E-state index is 0.111. The van der Waals surface area contributed by atoms with Gasteiger partial charge in [-0.3, -0.25) is 9.69 Å². The zero-order chi connectivity index (χ0) is 20.9. The second kappa shape index (κ2) is 9.45. The van der Waals surface area contributed by atoms with Crippen LogP contribution in [0.5, 0.6) is 5.75 Å². The fourth-order valence-corrected chi connectivity index (χ4v) is 4.74. The van der Waals surface area contributed by atoms with E-state index in [1.165, 1.54) is 22.5 Å². The SMILES string of the molecule is COc1cccc(CN2CCC(N(C(=O)c3cccs3)c3ccc(C)cc3)CC2)c1. The minimum Gasteiger partial charge on any atom is -0.497 e. The van der Waals surface area contributed by atoms with Crippen LogP contribution < -0.4 is 9.64 Å². The number of anilines is 1. The topological polar surface area (TPSA) is 32.8 Å². The van der Waals surface area contributed by atoms with Crippen molar-refractivity contribution in [2.24, 2.45) is 0 Å². The molecule has 2 aromatic carbocycles. The average molecular weight is 421 g/mol. The van der Waals surface area contributed by atoms with Gasteiger partial charge in [-0.05, 0) is 61.0 Å². The molecule has 0 atom stereocenters. The van der Waals surface area contributed by atoms with Crippen LogP contribution in [0.15, 0.2) is 66.0 Å². The van der Waals surface area contributed by atoms with Crippen LogP contribution in [0.4, 0.5) is 5.69 Å². The summed E-state index contributed by atoms with van der Waals surface area (Å²) in [6.07, 6.45) is 1.93. The number of hydrogen-bond acceptors (Lipinski definition) is 4. The van der Waals surface area contributed by atoms with Gasteiger partial charge in [0, 0.05) is 31.4 Å². The third-order valence-corrected chi connectivity index (χ3v) is 6.58. The average Bonchev–Trinajstić information content (AvgIpc) is 3.31. The minimum absolute atomic E-state index is 0.111. The number of carbonyl (C=O) groups is 1. The van der Waals surface area contributed by atoms with E-state index in [4.69, 9.17) is 4.74 Å². The Morgan fingerprint density at radius 1 is 1.10 bits per heavy atom. The number of piperidine rings is 1. The summed E-state index contributed by atoms with van der Waals surface area (Å²) < 4.78 is 5.35. The van der Waals surface area contributed by atoms with Crippen molar-refractivity contribution in [1.29, 1.82) is 0 Å². The van der Waals surface area contributed by atoms with Crippen LogP contribution in [0.1, 0.15) is 33.6 Å². The van der Waals surface area contributed by atoms with Crippen molar-refractivity contribution in [3.8, 4) is 5.75 Å². The van der Waals surface area contributed by atoms with Gasteiger partial charge < -0.3 is 9.64 Å². The van der Waals surface area contributed by atoms with Gasteiger partial charge in [0.1, 0.15) is 5.75 Å². The van der Waals surface area contributed by atoms with Crippen LogP contribution in [-0.4, -0.2) is 37.0 Å². The lowest BCUT2D eigenvalue weighted by Gasteiger charge is -2.38. The van der Waals surface area contributed by atoms with Crippen LogP contribution in [0.25, 0.3) is 0 Å². The number of likely N-dealkylation sites (tertiary alicyclic amines) is 1. The molecule has 4 rings (SSSR count). The van der Waals surface area contributed by atoms with E-state index >= 15 is 0 Å². The van der Waals surface area contributed by atoms with E-state index in [1.807, 2.05) is 34.5 Å². The molecule has 2 heterocycles. The van der Waals surface area contributed by atoms with Gasteiger partial charge in [0.15, 0.2) is 0 Å². The monoisotopic (exact) mass is 420 g/mol.